The average Bonchev–Trinajstić information content (AvgIpc) is 3.07. The first-order chi connectivity index (χ1) is 22.1. The van der Waals surface area contributed by atoms with Gasteiger partial charge in [0.1, 0.15) is 5.76 Å². The van der Waals surface area contributed by atoms with Crippen LogP contribution in [0.1, 0.15) is 59.9 Å². The summed E-state index contributed by atoms with van der Waals surface area (Å²) in [7, 11) is -1.31. The number of ketones is 1. The van der Waals surface area contributed by atoms with Crippen molar-refractivity contribution in [2.75, 3.05) is 0 Å². The molecule has 4 aromatic carbocycles. The van der Waals surface area contributed by atoms with Crippen molar-refractivity contribution in [2.45, 2.75) is 74.0 Å². The molecule has 0 saturated heterocycles. The smallest absolute Gasteiger partial charge is 0.164 e. The third-order valence-corrected chi connectivity index (χ3v) is 11.5. The van der Waals surface area contributed by atoms with Crippen molar-refractivity contribution in [2.24, 2.45) is 10.8 Å². The Hall–Kier alpha value is -3.88. The molecular formula is C42H47IrN2O2Si-. The van der Waals surface area contributed by atoms with Crippen LogP contribution in [0.15, 0.2) is 96.9 Å². The van der Waals surface area contributed by atoms with Gasteiger partial charge in [-0.15, -0.1) is 23.6 Å². The molecule has 0 unspecified atom stereocenters. The van der Waals surface area contributed by atoms with Gasteiger partial charge in [-0.1, -0.05) is 132 Å². The molecule has 1 radical (unpaired) electrons. The van der Waals surface area contributed by atoms with Gasteiger partial charge in [0.05, 0.1) is 14.1 Å². The van der Waals surface area contributed by atoms with E-state index in [0.29, 0.717) is 5.56 Å². The van der Waals surface area contributed by atoms with E-state index in [1.807, 2.05) is 84.1 Å². The van der Waals surface area contributed by atoms with Gasteiger partial charge >= 0.3 is 0 Å². The molecule has 251 valence electrons. The number of carbonyl (C=O) groups excluding carboxylic acids is 1. The van der Waals surface area contributed by atoms with Crippen molar-refractivity contribution in [3.8, 4) is 28.5 Å². The van der Waals surface area contributed by atoms with Crippen molar-refractivity contribution in [3.63, 3.8) is 0 Å². The first kappa shape index (κ1) is 38.6. The molecular weight excluding hydrogens is 785 g/mol. The molecule has 4 nitrogen and oxygen atoms in total. The monoisotopic (exact) mass is 832 g/mol. The Kier molecular flexibility index (Phi) is 12.5. The molecule has 0 aliphatic heterocycles. The Morgan fingerprint density at radius 1 is 0.875 bits per heavy atom. The Morgan fingerprint density at radius 3 is 2.10 bits per heavy atom. The summed E-state index contributed by atoms with van der Waals surface area (Å²) in [6.45, 7) is 18.8. The van der Waals surface area contributed by atoms with Crippen LogP contribution in [-0.4, -0.2) is 23.9 Å². The molecule has 1 N–H and O–H groups in total. The van der Waals surface area contributed by atoms with Crippen molar-refractivity contribution >= 4 is 40.6 Å². The molecule has 0 bridgehead atoms. The number of allylic oxidation sites excluding steroid dienone is 2. The van der Waals surface area contributed by atoms with E-state index in [2.05, 4.69) is 79.2 Å². The second-order valence-corrected chi connectivity index (χ2v) is 19.6. The fraction of sp³-hybridized carbons (Fsp3) is 0.310. The number of hydrogen-bond acceptors (Lipinski definition) is 4. The van der Waals surface area contributed by atoms with Crippen LogP contribution in [0.2, 0.25) is 19.6 Å². The predicted molar refractivity (Wildman–Crippen MR) is 201 cm³/mol. The van der Waals surface area contributed by atoms with Gasteiger partial charge in [0.2, 0.25) is 0 Å². The van der Waals surface area contributed by atoms with Gasteiger partial charge in [0.15, 0.2) is 5.78 Å². The van der Waals surface area contributed by atoms with Crippen LogP contribution >= 0.6 is 0 Å². The summed E-state index contributed by atoms with van der Waals surface area (Å²) < 4.78 is 0. The summed E-state index contributed by atoms with van der Waals surface area (Å²) in [5, 5.41) is 25.0. The SMILES string of the molecule is CCC(C)(C)C(=O)/C=C(\O)C(C)(C)CC.C[Si](C)(C)c1ccc(-c2ccc3c(-c4[c-]c5ccccc5c(C#N)c4)nccc3c2)cc1.[Ir]. The molecule has 1 heterocycles. The van der Waals surface area contributed by atoms with Gasteiger partial charge < -0.3 is 5.11 Å². The summed E-state index contributed by atoms with van der Waals surface area (Å²) in [6.07, 6.45) is 4.83. The largest absolute Gasteiger partial charge is 0.512 e. The minimum absolute atomic E-state index is 0. The van der Waals surface area contributed by atoms with Crippen LogP contribution in [0.25, 0.3) is 43.9 Å². The summed E-state index contributed by atoms with van der Waals surface area (Å²) in [4.78, 5) is 16.5. The Balaban J connectivity index is 0.000000334. The van der Waals surface area contributed by atoms with Gasteiger partial charge in [-0.05, 0) is 52.4 Å². The second-order valence-electron chi connectivity index (χ2n) is 14.5. The first-order valence-electron chi connectivity index (χ1n) is 16.4. The standard InChI is InChI=1S/C29H23N2Si.C13H24O2.Ir/c1-32(2,3)26-11-8-20(9-12-26)21-10-13-28-23(16-21)14-15-31-29(28)24-17-22-6-4-5-7-27(22)25(18-24)19-30;1-7-12(3,4)10(14)9-11(15)13(5,6)8-2;/h4-16,18H,1-3H3;9,14H,7-8H2,1-6H3;/q-1;;/b;10-9-;. The number of nitrogens with zero attached hydrogens (tertiary/aromatic N) is 2. The van der Waals surface area contributed by atoms with Crippen LogP contribution < -0.4 is 5.19 Å². The van der Waals surface area contributed by atoms with Crippen molar-refractivity contribution < 1.29 is 30.0 Å². The second kappa shape index (κ2) is 15.6. The third-order valence-electron chi connectivity index (χ3n) is 9.40. The molecule has 0 atom stereocenters. The van der Waals surface area contributed by atoms with Gasteiger partial charge in [0.25, 0.3) is 0 Å². The van der Waals surface area contributed by atoms with Crippen LogP contribution in [-0.2, 0) is 24.9 Å². The number of nitriles is 1. The number of benzene rings is 4. The number of hydrogen-bond donors (Lipinski definition) is 1. The zero-order chi connectivity index (χ0) is 34.6. The fourth-order valence-corrected chi connectivity index (χ4v) is 6.22. The first-order valence-corrected chi connectivity index (χ1v) is 19.9. The molecule has 6 heteroatoms. The number of fused-ring (bicyclic) bond motifs is 2. The molecule has 0 amide bonds. The minimum Gasteiger partial charge on any atom is -0.512 e. The van der Waals surface area contributed by atoms with E-state index in [-0.39, 0.29) is 42.5 Å². The molecule has 0 aliphatic rings. The van der Waals surface area contributed by atoms with E-state index in [1.165, 1.54) is 22.4 Å². The summed E-state index contributed by atoms with van der Waals surface area (Å²) >= 11 is 0. The van der Waals surface area contributed by atoms with Crippen LogP contribution in [0.4, 0.5) is 0 Å². The molecule has 0 aliphatic carbocycles. The third kappa shape index (κ3) is 8.77. The van der Waals surface area contributed by atoms with E-state index in [9.17, 15) is 15.2 Å². The van der Waals surface area contributed by atoms with Crippen LogP contribution in [0.3, 0.4) is 0 Å². The molecule has 0 spiro atoms. The molecule has 0 fully saturated rings. The number of carbonyl (C=O) groups is 1. The maximum atomic E-state index is 11.8. The summed E-state index contributed by atoms with van der Waals surface area (Å²) in [6, 6.07) is 33.1. The van der Waals surface area contributed by atoms with Gasteiger partial charge in [-0.25, -0.2) is 0 Å². The van der Waals surface area contributed by atoms with Gasteiger partial charge in [-0.3, -0.25) is 9.78 Å². The van der Waals surface area contributed by atoms with E-state index in [1.54, 1.807) is 0 Å². The number of aliphatic hydroxyl groups excluding tert-OH is 1. The topological polar surface area (TPSA) is 74.0 Å². The maximum Gasteiger partial charge on any atom is 0.164 e. The van der Waals surface area contributed by atoms with E-state index < -0.39 is 8.07 Å². The Bertz CT molecular complexity index is 1980. The molecule has 48 heavy (non-hydrogen) atoms. The van der Waals surface area contributed by atoms with Crippen LogP contribution in [0.5, 0.6) is 0 Å². The normalized spacial score (nSPS) is 12.1. The van der Waals surface area contributed by atoms with Crippen molar-refractivity contribution in [3.05, 3.63) is 109 Å². The van der Waals surface area contributed by atoms with E-state index >= 15 is 0 Å². The summed E-state index contributed by atoms with van der Waals surface area (Å²) in [5.74, 6) is 0.195. The number of rotatable bonds is 8. The molecule has 0 saturated carbocycles. The Morgan fingerprint density at radius 2 is 1.50 bits per heavy atom. The zero-order valence-corrected chi connectivity index (χ0v) is 33.1. The number of aliphatic hydroxyl groups is 1. The van der Waals surface area contributed by atoms with Gasteiger partial charge in [0, 0.05) is 48.9 Å². The number of aromatic nitrogens is 1. The van der Waals surface area contributed by atoms with Crippen molar-refractivity contribution in [1.29, 1.82) is 5.26 Å². The zero-order valence-electron chi connectivity index (χ0n) is 29.7. The van der Waals surface area contributed by atoms with Gasteiger partial charge in [-0.2, -0.15) is 5.26 Å². The summed E-state index contributed by atoms with van der Waals surface area (Å²) in [5.41, 5.74) is 4.07. The predicted octanol–water partition coefficient (Wildman–Crippen LogP) is 10.8. The molecule has 5 aromatic rings. The van der Waals surface area contributed by atoms with Crippen molar-refractivity contribution in [1.82, 2.24) is 4.98 Å². The van der Waals surface area contributed by atoms with Crippen LogP contribution in [0, 0.1) is 28.2 Å². The molecule has 1 aromatic heterocycles. The number of pyridine rings is 1. The average molecular weight is 832 g/mol. The fourth-order valence-electron chi connectivity index (χ4n) is 5.06. The van der Waals surface area contributed by atoms with E-state index in [4.69, 9.17) is 0 Å². The molecule has 5 rings (SSSR count). The Labute approximate surface area is 301 Å². The quantitative estimate of drug-likeness (QED) is 0.0732. The minimum atomic E-state index is -1.31. The maximum absolute atomic E-state index is 11.8. The van der Waals surface area contributed by atoms with E-state index in [0.717, 1.165) is 45.6 Å².